The summed E-state index contributed by atoms with van der Waals surface area (Å²) in [5.74, 6) is -0.527. The SMILES string of the molecule is Cl.O=C(NCc1ccc(F)cc1)c1ccc(NC(=O)C2CCNC2)cc1. The Balaban J connectivity index is 0.00000243. The molecule has 2 aromatic rings. The van der Waals surface area contributed by atoms with Crippen LogP contribution in [-0.2, 0) is 11.3 Å². The summed E-state index contributed by atoms with van der Waals surface area (Å²) in [5.41, 5.74) is 2.00. The Morgan fingerprint density at radius 2 is 1.77 bits per heavy atom. The summed E-state index contributed by atoms with van der Waals surface area (Å²) in [5, 5.41) is 8.81. The number of anilines is 1. The molecule has 1 aliphatic rings. The van der Waals surface area contributed by atoms with Gasteiger partial charge in [-0.1, -0.05) is 12.1 Å². The Morgan fingerprint density at radius 3 is 2.38 bits per heavy atom. The fraction of sp³-hybridized carbons (Fsp3) is 0.263. The molecule has 3 N–H and O–H groups in total. The van der Waals surface area contributed by atoms with Crippen LogP contribution in [0.3, 0.4) is 0 Å². The molecule has 26 heavy (non-hydrogen) atoms. The summed E-state index contributed by atoms with van der Waals surface area (Å²) >= 11 is 0. The second-order valence-electron chi connectivity index (χ2n) is 6.07. The highest BCUT2D eigenvalue weighted by atomic mass is 35.5. The van der Waals surface area contributed by atoms with E-state index < -0.39 is 0 Å². The number of halogens is 2. The molecule has 1 heterocycles. The van der Waals surface area contributed by atoms with Crippen LogP contribution in [0.2, 0.25) is 0 Å². The molecule has 1 saturated heterocycles. The molecule has 138 valence electrons. The highest BCUT2D eigenvalue weighted by molar-refractivity contribution is 5.96. The van der Waals surface area contributed by atoms with E-state index in [4.69, 9.17) is 0 Å². The van der Waals surface area contributed by atoms with Crippen molar-refractivity contribution in [3.63, 3.8) is 0 Å². The summed E-state index contributed by atoms with van der Waals surface area (Å²) in [4.78, 5) is 24.2. The first-order valence-electron chi connectivity index (χ1n) is 8.26. The Kier molecular flexibility index (Phi) is 7.12. The monoisotopic (exact) mass is 377 g/mol. The lowest BCUT2D eigenvalue weighted by Crippen LogP contribution is -2.25. The number of hydrogen-bond donors (Lipinski definition) is 3. The highest BCUT2D eigenvalue weighted by Gasteiger charge is 2.22. The average molecular weight is 378 g/mol. The molecule has 5 nitrogen and oxygen atoms in total. The van der Waals surface area contributed by atoms with Crippen molar-refractivity contribution in [2.45, 2.75) is 13.0 Å². The van der Waals surface area contributed by atoms with Crippen LogP contribution < -0.4 is 16.0 Å². The van der Waals surface area contributed by atoms with Gasteiger partial charge in [0, 0.05) is 24.3 Å². The number of amides is 2. The molecule has 0 aromatic heterocycles. The van der Waals surface area contributed by atoms with E-state index in [-0.39, 0.29) is 36.0 Å². The second-order valence-corrected chi connectivity index (χ2v) is 6.07. The zero-order chi connectivity index (χ0) is 17.6. The predicted molar refractivity (Wildman–Crippen MR) is 101 cm³/mol. The summed E-state index contributed by atoms with van der Waals surface area (Å²) in [6, 6.07) is 12.8. The number of carbonyl (C=O) groups excluding carboxylic acids is 2. The third-order valence-electron chi connectivity index (χ3n) is 4.21. The number of rotatable bonds is 5. The molecule has 7 heteroatoms. The molecule has 3 rings (SSSR count). The topological polar surface area (TPSA) is 70.2 Å². The predicted octanol–water partition coefficient (Wildman–Crippen LogP) is 2.73. The highest BCUT2D eigenvalue weighted by Crippen LogP contribution is 2.14. The molecule has 1 atom stereocenters. The van der Waals surface area contributed by atoms with E-state index in [0.29, 0.717) is 24.3 Å². The summed E-state index contributed by atoms with van der Waals surface area (Å²) in [7, 11) is 0. The fourth-order valence-electron chi connectivity index (χ4n) is 2.71. The van der Waals surface area contributed by atoms with Gasteiger partial charge in [0.05, 0.1) is 5.92 Å². The molecule has 0 saturated carbocycles. The van der Waals surface area contributed by atoms with Crippen LogP contribution in [0, 0.1) is 11.7 Å². The maximum Gasteiger partial charge on any atom is 0.251 e. The summed E-state index contributed by atoms with van der Waals surface area (Å²) in [6.07, 6.45) is 0.843. The van der Waals surface area contributed by atoms with Crippen molar-refractivity contribution in [2.24, 2.45) is 5.92 Å². The molecule has 0 spiro atoms. The van der Waals surface area contributed by atoms with Gasteiger partial charge in [-0.3, -0.25) is 9.59 Å². The van der Waals surface area contributed by atoms with Crippen LogP contribution in [0.5, 0.6) is 0 Å². The lowest BCUT2D eigenvalue weighted by atomic mass is 10.1. The van der Waals surface area contributed by atoms with E-state index in [9.17, 15) is 14.0 Å². The van der Waals surface area contributed by atoms with Crippen molar-refractivity contribution in [1.29, 1.82) is 0 Å². The molecule has 1 unspecified atom stereocenters. The molecular formula is C19H21ClFN3O2. The van der Waals surface area contributed by atoms with Crippen molar-refractivity contribution in [1.82, 2.24) is 10.6 Å². The second kappa shape index (κ2) is 9.31. The van der Waals surface area contributed by atoms with Crippen LogP contribution in [0.15, 0.2) is 48.5 Å². The van der Waals surface area contributed by atoms with E-state index >= 15 is 0 Å². The molecular weight excluding hydrogens is 357 g/mol. The summed E-state index contributed by atoms with van der Waals surface area (Å²) < 4.78 is 12.9. The van der Waals surface area contributed by atoms with Crippen molar-refractivity contribution in [2.75, 3.05) is 18.4 Å². The van der Waals surface area contributed by atoms with Gasteiger partial charge in [0.1, 0.15) is 5.82 Å². The molecule has 2 amide bonds. The molecule has 1 fully saturated rings. The van der Waals surface area contributed by atoms with Gasteiger partial charge in [-0.15, -0.1) is 12.4 Å². The smallest absolute Gasteiger partial charge is 0.251 e. The Bertz CT molecular complexity index is 744. The van der Waals surface area contributed by atoms with Gasteiger partial charge in [-0.2, -0.15) is 0 Å². The Hall–Kier alpha value is -2.44. The average Bonchev–Trinajstić information content (AvgIpc) is 3.16. The maximum atomic E-state index is 12.9. The largest absolute Gasteiger partial charge is 0.348 e. The molecule has 0 radical (unpaired) electrons. The van der Waals surface area contributed by atoms with Crippen molar-refractivity contribution < 1.29 is 14.0 Å². The van der Waals surface area contributed by atoms with Gasteiger partial charge < -0.3 is 16.0 Å². The molecule has 2 aromatic carbocycles. The van der Waals surface area contributed by atoms with Crippen molar-refractivity contribution in [3.05, 3.63) is 65.5 Å². The van der Waals surface area contributed by atoms with Crippen LogP contribution in [0.1, 0.15) is 22.3 Å². The number of hydrogen-bond acceptors (Lipinski definition) is 3. The Labute approximate surface area is 157 Å². The zero-order valence-electron chi connectivity index (χ0n) is 14.1. The molecule has 0 bridgehead atoms. The number of benzene rings is 2. The van der Waals surface area contributed by atoms with Gasteiger partial charge in [-0.05, 0) is 54.9 Å². The quantitative estimate of drug-likeness (QED) is 0.750. The van der Waals surface area contributed by atoms with Crippen molar-refractivity contribution in [3.8, 4) is 0 Å². The third-order valence-corrected chi connectivity index (χ3v) is 4.21. The lowest BCUT2D eigenvalue weighted by Gasteiger charge is -2.10. The van der Waals surface area contributed by atoms with Gasteiger partial charge in [0.25, 0.3) is 5.91 Å². The lowest BCUT2D eigenvalue weighted by molar-refractivity contribution is -0.119. The number of carbonyl (C=O) groups is 2. The van der Waals surface area contributed by atoms with Crippen LogP contribution in [0.4, 0.5) is 10.1 Å². The number of nitrogens with one attached hydrogen (secondary N) is 3. The van der Waals surface area contributed by atoms with E-state index in [0.717, 1.165) is 18.5 Å². The first-order chi connectivity index (χ1) is 12.1. The first kappa shape index (κ1) is 19.9. The van der Waals surface area contributed by atoms with Crippen LogP contribution >= 0.6 is 12.4 Å². The van der Waals surface area contributed by atoms with Gasteiger partial charge >= 0.3 is 0 Å². The normalized spacial score (nSPS) is 15.8. The summed E-state index contributed by atoms with van der Waals surface area (Å²) in [6.45, 7) is 1.90. The zero-order valence-corrected chi connectivity index (χ0v) is 14.9. The van der Waals surface area contributed by atoms with Gasteiger partial charge in [-0.25, -0.2) is 4.39 Å². The van der Waals surface area contributed by atoms with E-state index in [1.54, 1.807) is 36.4 Å². The van der Waals surface area contributed by atoms with Gasteiger partial charge in [0.2, 0.25) is 5.91 Å². The van der Waals surface area contributed by atoms with E-state index in [1.165, 1.54) is 12.1 Å². The molecule has 0 aliphatic carbocycles. The minimum Gasteiger partial charge on any atom is -0.348 e. The fourth-order valence-corrected chi connectivity index (χ4v) is 2.71. The maximum absolute atomic E-state index is 12.9. The minimum atomic E-state index is -0.305. The van der Waals surface area contributed by atoms with Gasteiger partial charge in [0.15, 0.2) is 0 Å². The van der Waals surface area contributed by atoms with Crippen molar-refractivity contribution >= 4 is 29.9 Å². The van der Waals surface area contributed by atoms with Crippen LogP contribution in [-0.4, -0.2) is 24.9 Å². The van der Waals surface area contributed by atoms with Crippen LogP contribution in [0.25, 0.3) is 0 Å². The van der Waals surface area contributed by atoms with E-state index in [2.05, 4.69) is 16.0 Å². The van der Waals surface area contributed by atoms with E-state index in [1.807, 2.05) is 0 Å². The third kappa shape index (κ3) is 5.28. The molecule has 1 aliphatic heterocycles. The Morgan fingerprint density at radius 1 is 1.08 bits per heavy atom. The first-order valence-corrected chi connectivity index (χ1v) is 8.26. The standard InChI is InChI=1S/C19H20FN3O2.ClH/c20-16-5-1-13(2-6-16)11-22-18(24)14-3-7-17(8-4-14)23-19(25)15-9-10-21-12-15;/h1-8,15,21H,9-12H2,(H,22,24)(H,23,25);1H. The minimum absolute atomic E-state index is 0.